The number of benzene rings is 2. The zero-order valence-corrected chi connectivity index (χ0v) is 12.1. The van der Waals surface area contributed by atoms with Crippen molar-refractivity contribution in [2.24, 2.45) is 0 Å². The molecule has 1 nitrogen and oxygen atoms in total. The van der Waals surface area contributed by atoms with E-state index in [4.69, 9.17) is 11.6 Å². The number of aryl methyl sites for hydroxylation is 1. The van der Waals surface area contributed by atoms with Crippen LogP contribution in [0.5, 0.6) is 0 Å². The molecule has 0 saturated heterocycles. The van der Waals surface area contributed by atoms with Gasteiger partial charge in [-0.15, -0.1) is 0 Å². The first-order valence-corrected chi connectivity index (χ1v) is 7.28. The van der Waals surface area contributed by atoms with E-state index in [1.54, 1.807) is 6.07 Å². The molecule has 0 unspecified atom stereocenters. The lowest BCUT2D eigenvalue weighted by Gasteiger charge is -2.37. The van der Waals surface area contributed by atoms with Crippen molar-refractivity contribution in [2.75, 3.05) is 5.32 Å². The van der Waals surface area contributed by atoms with Crippen LogP contribution in [0.2, 0.25) is 5.02 Å². The third kappa shape index (κ3) is 2.80. The first-order chi connectivity index (χ1) is 9.61. The molecular formula is C17H17ClFN. The van der Waals surface area contributed by atoms with Crippen LogP contribution in [0.15, 0.2) is 42.5 Å². The SMILES string of the molecule is Cc1ccc(F)cc1NC1CC(c2cccc(Cl)c2)C1. The van der Waals surface area contributed by atoms with Gasteiger partial charge in [-0.05, 0) is 61.1 Å². The average molecular weight is 290 g/mol. The van der Waals surface area contributed by atoms with Crippen molar-refractivity contribution in [1.29, 1.82) is 0 Å². The quantitative estimate of drug-likeness (QED) is 0.824. The molecule has 3 heteroatoms. The lowest BCUT2D eigenvalue weighted by Crippen LogP contribution is -2.34. The van der Waals surface area contributed by atoms with Gasteiger partial charge in [0.2, 0.25) is 0 Å². The van der Waals surface area contributed by atoms with E-state index in [1.165, 1.54) is 11.6 Å². The Morgan fingerprint density at radius 2 is 1.95 bits per heavy atom. The zero-order chi connectivity index (χ0) is 14.1. The van der Waals surface area contributed by atoms with Crippen LogP contribution in [0.1, 0.15) is 29.9 Å². The van der Waals surface area contributed by atoms with Crippen molar-refractivity contribution in [1.82, 2.24) is 0 Å². The van der Waals surface area contributed by atoms with Crippen LogP contribution in [-0.2, 0) is 0 Å². The Balaban J connectivity index is 1.62. The molecule has 1 aliphatic rings. The van der Waals surface area contributed by atoms with E-state index in [2.05, 4.69) is 11.4 Å². The summed E-state index contributed by atoms with van der Waals surface area (Å²) >= 11 is 6.02. The minimum absolute atomic E-state index is 0.191. The Hall–Kier alpha value is -1.54. The van der Waals surface area contributed by atoms with Crippen LogP contribution in [0, 0.1) is 12.7 Å². The first kappa shape index (κ1) is 13.4. The molecule has 1 N–H and O–H groups in total. The van der Waals surface area contributed by atoms with Gasteiger partial charge in [0.05, 0.1) is 0 Å². The number of nitrogens with one attached hydrogen (secondary N) is 1. The molecule has 104 valence electrons. The maximum atomic E-state index is 13.3. The molecule has 0 amide bonds. The number of anilines is 1. The second kappa shape index (κ2) is 5.45. The summed E-state index contributed by atoms with van der Waals surface area (Å²) < 4.78 is 13.3. The summed E-state index contributed by atoms with van der Waals surface area (Å²) in [6, 6.07) is 13.4. The third-order valence-electron chi connectivity index (χ3n) is 4.02. The molecule has 2 aromatic carbocycles. The molecular weight excluding hydrogens is 273 g/mol. The van der Waals surface area contributed by atoms with Crippen LogP contribution in [-0.4, -0.2) is 6.04 Å². The smallest absolute Gasteiger partial charge is 0.125 e. The molecule has 3 rings (SSSR count). The Morgan fingerprint density at radius 1 is 1.15 bits per heavy atom. The molecule has 0 aromatic heterocycles. The second-order valence-corrected chi connectivity index (χ2v) is 5.96. The third-order valence-corrected chi connectivity index (χ3v) is 4.25. The highest BCUT2D eigenvalue weighted by atomic mass is 35.5. The zero-order valence-electron chi connectivity index (χ0n) is 11.4. The first-order valence-electron chi connectivity index (χ1n) is 6.90. The molecule has 0 aliphatic heterocycles. The van der Waals surface area contributed by atoms with Gasteiger partial charge in [-0.3, -0.25) is 0 Å². The summed E-state index contributed by atoms with van der Waals surface area (Å²) in [4.78, 5) is 0. The van der Waals surface area contributed by atoms with Gasteiger partial charge in [0, 0.05) is 16.8 Å². The van der Waals surface area contributed by atoms with Gasteiger partial charge in [0.1, 0.15) is 5.82 Å². The van der Waals surface area contributed by atoms with Crippen LogP contribution in [0.25, 0.3) is 0 Å². The Labute approximate surface area is 123 Å². The molecule has 0 heterocycles. The van der Waals surface area contributed by atoms with Gasteiger partial charge in [0.25, 0.3) is 0 Å². The van der Waals surface area contributed by atoms with E-state index >= 15 is 0 Å². The number of halogens is 2. The summed E-state index contributed by atoms with van der Waals surface area (Å²) in [5.41, 5.74) is 3.28. The molecule has 20 heavy (non-hydrogen) atoms. The van der Waals surface area contributed by atoms with Crippen molar-refractivity contribution in [3.05, 3.63) is 64.4 Å². The minimum atomic E-state index is -0.191. The molecule has 0 radical (unpaired) electrons. The van der Waals surface area contributed by atoms with Gasteiger partial charge in [-0.25, -0.2) is 4.39 Å². The van der Waals surface area contributed by atoms with Crippen LogP contribution in [0.3, 0.4) is 0 Å². The van der Waals surface area contributed by atoms with E-state index in [9.17, 15) is 4.39 Å². The fraction of sp³-hybridized carbons (Fsp3) is 0.294. The number of rotatable bonds is 3. The molecule has 2 aromatic rings. The summed E-state index contributed by atoms with van der Waals surface area (Å²) in [5.74, 6) is 0.365. The van der Waals surface area contributed by atoms with E-state index in [-0.39, 0.29) is 5.82 Å². The lowest BCUT2D eigenvalue weighted by atomic mass is 9.76. The van der Waals surface area contributed by atoms with Crippen molar-refractivity contribution >= 4 is 17.3 Å². The van der Waals surface area contributed by atoms with Crippen LogP contribution in [0.4, 0.5) is 10.1 Å². The molecule has 1 saturated carbocycles. The fourth-order valence-corrected chi connectivity index (χ4v) is 2.94. The highest BCUT2D eigenvalue weighted by molar-refractivity contribution is 6.30. The van der Waals surface area contributed by atoms with E-state index in [0.29, 0.717) is 12.0 Å². The van der Waals surface area contributed by atoms with Crippen molar-refractivity contribution in [3.8, 4) is 0 Å². The van der Waals surface area contributed by atoms with E-state index < -0.39 is 0 Å². The summed E-state index contributed by atoms with van der Waals surface area (Å²) in [6.45, 7) is 1.99. The molecule has 0 bridgehead atoms. The Morgan fingerprint density at radius 3 is 2.70 bits per heavy atom. The number of hydrogen-bond donors (Lipinski definition) is 1. The van der Waals surface area contributed by atoms with Gasteiger partial charge >= 0.3 is 0 Å². The Bertz CT molecular complexity index is 620. The summed E-state index contributed by atoms with van der Waals surface area (Å²) in [7, 11) is 0. The van der Waals surface area contributed by atoms with Crippen molar-refractivity contribution < 1.29 is 4.39 Å². The van der Waals surface area contributed by atoms with Gasteiger partial charge < -0.3 is 5.32 Å². The predicted molar refractivity (Wildman–Crippen MR) is 82.0 cm³/mol. The van der Waals surface area contributed by atoms with Crippen molar-refractivity contribution in [3.63, 3.8) is 0 Å². The topological polar surface area (TPSA) is 12.0 Å². The highest BCUT2D eigenvalue weighted by Crippen LogP contribution is 2.39. The maximum Gasteiger partial charge on any atom is 0.125 e. The van der Waals surface area contributed by atoms with Crippen LogP contribution >= 0.6 is 11.6 Å². The van der Waals surface area contributed by atoms with E-state index in [0.717, 1.165) is 29.1 Å². The number of hydrogen-bond acceptors (Lipinski definition) is 1. The Kier molecular flexibility index (Phi) is 3.66. The highest BCUT2D eigenvalue weighted by Gasteiger charge is 2.30. The second-order valence-electron chi connectivity index (χ2n) is 5.52. The van der Waals surface area contributed by atoms with Gasteiger partial charge in [0.15, 0.2) is 0 Å². The molecule has 1 aliphatic carbocycles. The largest absolute Gasteiger partial charge is 0.382 e. The monoisotopic (exact) mass is 289 g/mol. The predicted octanol–water partition coefficient (Wildman–Crippen LogP) is 5.15. The molecule has 0 atom stereocenters. The van der Waals surface area contributed by atoms with Gasteiger partial charge in [-0.2, -0.15) is 0 Å². The minimum Gasteiger partial charge on any atom is -0.382 e. The van der Waals surface area contributed by atoms with Gasteiger partial charge in [-0.1, -0.05) is 29.8 Å². The molecule has 0 spiro atoms. The summed E-state index contributed by atoms with van der Waals surface area (Å²) in [6.07, 6.45) is 2.13. The maximum absolute atomic E-state index is 13.3. The van der Waals surface area contributed by atoms with Crippen LogP contribution < -0.4 is 5.32 Å². The molecule has 1 fully saturated rings. The summed E-state index contributed by atoms with van der Waals surface area (Å²) in [5, 5.41) is 4.22. The standard InChI is InChI=1S/C17H17ClFN/c1-11-5-6-15(19)10-17(11)20-16-8-13(9-16)12-3-2-4-14(18)7-12/h2-7,10,13,16,20H,8-9H2,1H3. The lowest BCUT2D eigenvalue weighted by molar-refractivity contribution is 0.374. The van der Waals surface area contributed by atoms with Crippen molar-refractivity contribution in [2.45, 2.75) is 31.7 Å². The normalized spacial score (nSPS) is 21.4. The average Bonchev–Trinajstić information content (AvgIpc) is 2.37. The van der Waals surface area contributed by atoms with E-state index in [1.807, 2.05) is 31.2 Å². The fourth-order valence-electron chi connectivity index (χ4n) is 2.74.